The number of hydrogen-bond acceptors (Lipinski definition) is 4. The lowest BCUT2D eigenvalue weighted by molar-refractivity contribution is 0.586. The van der Waals surface area contributed by atoms with Gasteiger partial charge in [-0.2, -0.15) is 4.68 Å². The normalized spacial score (nSPS) is 16.4. The number of allylic oxidation sites excluding steroid dienone is 1. The summed E-state index contributed by atoms with van der Waals surface area (Å²) >= 11 is 6.37. The Labute approximate surface area is 138 Å². The van der Waals surface area contributed by atoms with Crippen LogP contribution in [0.15, 0.2) is 54.6 Å². The van der Waals surface area contributed by atoms with Crippen LogP contribution in [-0.2, 0) is 0 Å². The largest absolute Gasteiger partial charge is 0.323 e. The number of hydrogen-bond donors (Lipinski definition) is 1. The number of nitrogens with zero attached hydrogens (tertiary/aromatic N) is 4. The molecular weight excluding hydrogens is 310 g/mol. The number of rotatable bonds is 2. The molecule has 2 heterocycles. The molecule has 0 bridgehead atoms. The lowest BCUT2D eigenvalue weighted by Gasteiger charge is -2.24. The SMILES string of the molecule is Cc1ccc(C2=CC(c3ccccc3Cl)n3nnnc3N2)cc1. The van der Waals surface area contributed by atoms with E-state index in [0.717, 1.165) is 16.8 Å². The Kier molecular flexibility index (Phi) is 3.35. The van der Waals surface area contributed by atoms with E-state index in [1.807, 2.05) is 24.3 Å². The summed E-state index contributed by atoms with van der Waals surface area (Å²) in [5, 5.41) is 15.9. The molecule has 1 atom stereocenters. The fourth-order valence-corrected chi connectivity index (χ4v) is 2.94. The van der Waals surface area contributed by atoms with E-state index in [1.165, 1.54) is 5.56 Å². The lowest BCUT2D eigenvalue weighted by Crippen LogP contribution is -2.20. The van der Waals surface area contributed by atoms with Gasteiger partial charge in [-0.05, 0) is 40.6 Å². The number of aromatic nitrogens is 4. The third kappa shape index (κ3) is 2.49. The highest BCUT2D eigenvalue weighted by molar-refractivity contribution is 6.31. The van der Waals surface area contributed by atoms with E-state index in [2.05, 4.69) is 58.1 Å². The maximum absolute atomic E-state index is 6.37. The van der Waals surface area contributed by atoms with E-state index in [9.17, 15) is 0 Å². The van der Waals surface area contributed by atoms with Gasteiger partial charge in [0, 0.05) is 10.7 Å². The Morgan fingerprint density at radius 3 is 2.65 bits per heavy atom. The molecule has 0 spiro atoms. The van der Waals surface area contributed by atoms with Crippen molar-refractivity contribution in [2.75, 3.05) is 5.32 Å². The van der Waals surface area contributed by atoms with E-state index in [1.54, 1.807) is 4.68 Å². The van der Waals surface area contributed by atoms with Crippen molar-refractivity contribution in [3.05, 3.63) is 76.3 Å². The molecular formula is C17H14ClN5. The van der Waals surface area contributed by atoms with Crippen molar-refractivity contribution in [3.8, 4) is 0 Å². The van der Waals surface area contributed by atoms with Gasteiger partial charge in [-0.1, -0.05) is 64.7 Å². The van der Waals surface area contributed by atoms with E-state index in [0.29, 0.717) is 11.0 Å². The monoisotopic (exact) mass is 323 g/mol. The molecule has 114 valence electrons. The maximum atomic E-state index is 6.37. The Hall–Kier alpha value is -2.66. The first-order valence-corrected chi connectivity index (χ1v) is 7.68. The van der Waals surface area contributed by atoms with E-state index in [-0.39, 0.29) is 6.04 Å². The molecule has 3 aromatic rings. The second-order valence-corrected chi connectivity index (χ2v) is 5.89. The number of benzene rings is 2. The molecule has 0 aliphatic carbocycles. The quantitative estimate of drug-likeness (QED) is 0.781. The summed E-state index contributed by atoms with van der Waals surface area (Å²) in [5.74, 6) is 0.605. The van der Waals surface area contributed by atoms with Gasteiger partial charge < -0.3 is 5.32 Å². The average Bonchev–Trinajstić information content (AvgIpc) is 3.04. The predicted molar refractivity (Wildman–Crippen MR) is 90.2 cm³/mol. The zero-order chi connectivity index (χ0) is 15.8. The minimum atomic E-state index is -0.147. The van der Waals surface area contributed by atoms with Crippen molar-refractivity contribution in [3.63, 3.8) is 0 Å². The number of fused-ring (bicyclic) bond motifs is 1. The fourth-order valence-electron chi connectivity index (χ4n) is 2.69. The molecule has 1 unspecified atom stereocenters. The highest BCUT2D eigenvalue weighted by Crippen LogP contribution is 2.34. The second kappa shape index (κ2) is 5.52. The zero-order valence-electron chi connectivity index (χ0n) is 12.4. The van der Waals surface area contributed by atoms with Crippen LogP contribution in [0.4, 0.5) is 5.95 Å². The number of tetrazole rings is 1. The first-order valence-electron chi connectivity index (χ1n) is 7.30. The maximum Gasteiger partial charge on any atom is 0.248 e. The van der Waals surface area contributed by atoms with Crippen LogP contribution < -0.4 is 5.32 Å². The Bertz CT molecular complexity index is 882. The summed E-state index contributed by atoms with van der Waals surface area (Å²) in [4.78, 5) is 0. The molecule has 0 radical (unpaired) electrons. The van der Waals surface area contributed by atoms with E-state index >= 15 is 0 Å². The molecule has 23 heavy (non-hydrogen) atoms. The molecule has 1 aliphatic heterocycles. The van der Waals surface area contributed by atoms with Crippen molar-refractivity contribution < 1.29 is 0 Å². The molecule has 0 fully saturated rings. The molecule has 1 N–H and O–H groups in total. The number of nitrogens with one attached hydrogen (secondary N) is 1. The summed E-state index contributed by atoms with van der Waals surface area (Å²) < 4.78 is 1.74. The molecule has 1 aromatic heterocycles. The van der Waals surface area contributed by atoms with Gasteiger partial charge in [0.2, 0.25) is 5.95 Å². The molecule has 0 saturated heterocycles. The lowest BCUT2D eigenvalue weighted by atomic mass is 10.0. The van der Waals surface area contributed by atoms with Gasteiger partial charge in [-0.25, -0.2) is 0 Å². The Morgan fingerprint density at radius 1 is 1.09 bits per heavy atom. The van der Waals surface area contributed by atoms with Gasteiger partial charge in [-0.15, -0.1) is 0 Å². The van der Waals surface area contributed by atoms with E-state index in [4.69, 9.17) is 11.6 Å². The highest BCUT2D eigenvalue weighted by atomic mass is 35.5. The molecule has 0 saturated carbocycles. The van der Waals surface area contributed by atoms with E-state index < -0.39 is 0 Å². The van der Waals surface area contributed by atoms with Crippen LogP contribution in [0.3, 0.4) is 0 Å². The topological polar surface area (TPSA) is 55.6 Å². The Balaban J connectivity index is 1.83. The minimum absolute atomic E-state index is 0.147. The summed E-state index contributed by atoms with van der Waals surface area (Å²) in [6.07, 6.45) is 2.09. The second-order valence-electron chi connectivity index (χ2n) is 5.48. The molecule has 2 aromatic carbocycles. The minimum Gasteiger partial charge on any atom is -0.323 e. The number of aryl methyl sites for hydroxylation is 1. The summed E-state index contributed by atoms with van der Waals surface area (Å²) in [6.45, 7) is 2.07. The van der Waals surface area contributed by atoms with Gasteiger partial charge in [0.25, 0.3) is 0 Å². The van der Waals surface area contributed by atoms with Crippen LogP contribution in [0, 0.1) is 6.92 Å². The molecule has 0 amide bonds. The van der Waals surface area contributed by atoms with Crippen LogP contribution in [0.2, 0.25) is 5.02 Å². The first kappa shape index (κ1) is 14.0. The first-order chi connectivity index (χ1) is 11.2. The van der Waals surface area contributed by atoms with Gasteiger partial charge in [0.05, 0.1) is 0 Å². The van der Waals surface area contributed by atoms with Gasteiger partial charge in [0.1, 0.15) is 6.04 Å². The fraction of sp³-hybridized carbons (Fsp3) is 0.118. The highest BCUT2D eigenvalue weighted by Gasteiger charge is 2.25. The van der Waals surface area contributed by atoms with Crippen LogP contribution in [0.1, 0.15) is 22.7 Å². The smallest absolute Gasteiger partial charge is 0.248 e. The number of anilines is 1. The molecule has 4 rings (SSSR count). The predicted octanol–water partition coefficient (Wildman–Crippen LogP) is 3.69. The van der Waals surface area contributed by atoms with Crippen LogP contribution in [0.25, 0.3) is 5.70 Å². The third-order valence-electron chi connectivity index (χ3n) is 3.91. The van der Waals surface area contributed by atoms with Crippen LogP contribution >= 0.6 is 11.6 Å². The Morgan fingerprint density at radius 2 is 1.87 bits per heavy atom. The van der Waals surface area contributed by atoms with Crippen molar-refractivity contribution in [2.24, 2.45) is 0 Å². The summed E-state index contributed by atoms with van der Waals surface area (Å²) in [6, 6.07) is 15.9. The van der Waals surface area contributed by atoms with Crippen LogP contribution in [-0.4, -0.2) is 20.2 Å². The third-order valence-corrected chi connectivity index (χ3v) is 4.26. The van der Waals surface area contributed by atoms with Crippen molar-refractivity contribution in [1.82, 2.24) is 20.2 Å². The number of halogens is 1. The van der Waals surface area contributed by atoms with Crippen molar-refractivity contribution in [2.45, 2.75) is 13.0 Å². The van der Waals surface area contributed by atoms with Crippen LogP contribution in [0.5, 0.6) is 0 Å². The molecule has 1 aliphatic rings. The summed E-state index contributed by atoms with van der Waals surface area (Å²) in [5.41, 5.74) is 4.24. The van der Waals surface area contributed by atoms with Gasteiger partial charge >= 0.3 is 0 Å². The molecule has 5 nitrogen and oxygen atoms in total. The average molecular weight is 324 g/mol. The molecule has 6 heteroatoms. The standard InChI is InChI=1S/C17H14ClN5/c1-11-6-8-12(9-7-11)15-10-16(13-4-2-3-5-14(13)18)23-17(19-15)20-21-22-23/h2-10,16H,1H3,(H,19,20,22). The zero-order valence-corrected chi connectivity index (χ0v) is 13.2. The van der Waals surface area contributed by atoms with Gasteiger partial charge in [0.15, 0.2) is 0 Å². The van der Waals surface area contributed by atoms with Crippen molar-refractivity contribution >= 4 is 23.2 Å². The van der Waals surface area contributed by atoms with Gasteiger partial charge in [-0.3, -0.25) is 0 Å². The summed E-state index contributed by atoms with van der Waals surface area (Å²) in [7, 11) is 0. The van der Waals surface area contributed by atoms with Crippen molar-refractivity contribution in [1.29, 1.82) is 0 Å².